The van der Waals surface area contributed by atoms with E-state index in [0.29, 0.717) is 0 Å². The number of rotatable bonds is 4. The molecule has 0 fully saturated rings. The van der Waals surface area contributed by atoms with Crippen LogP contribution in [0.15, 0.2) is 140 Å². The first-order chi connectivity index (χ1) is 20.1. The second-order valence-corrected chi connectivity index (χ2v) is 12.4. The summed E-state index contributed by atoms with van der Waals surface area (Å²) in [5, 5.41) is 2.65. The van der Waals surface area contributed by atoms with Gasteiger partial charge in [0.05, 0.1) is 10.4 Å². The summed E-state index contributed by atoms with van der Waals surface area (Å²) in [4.78, 5) is 2.42. The lowest BCUT2D eigenvalue weighted by atomic mass is 9.82. The van der Waals surface area contributed by atoms with Crippen LogP contribution >= 0.6 is 11.3 Å². The van der Waals surface area contributed by atoms with Crippen LogP contribution in [0.3, 0.4) is 0 Å². The molecule has 0 saturated heterocycles. The highest BCUT2D eigenvalue weighted by molar-refractivity contribution is 7.27. The zero-order valence-electron chi connectivity index (χ0n) is 23.1. The lowest BCUT2D eigenvalue weighted by Gasteiger charge is -2.26. The Labute approximate surface area is 245 Å². The molecule has 0 bridgehead atoms. The number of benzene rings is 6. The van der Waals surface area contributed by atoms with Gasteiger partial charge in [0, 0.05) is 37.8 Å². The molecule has 1 aromatic heterocycles. The number of nitrogens with zero attached hydrogens (tertiary/aromatic N) is 1. The van der Waals surface area contributed by atoms with Gasteiger partial charge in [-0.1, -0.05) is 123 Å². The maximum absolute atomic E-state index is 2.42. The summed E-state index contributed by atoms with van der Waals surface area (Å²) in [6.07, 6.45) is 0. The molecule has 6 aromatic carbocycles. The second kappa shape index (κ2) is 9.19. The average Bonchev–Trinajstić information content (AvgIpc) is 3.52. The first kappa shape index (κ1) is 24.2. The Morgan fingerprint density at radius 1 is 0.512 bits per heavy atom. The normalized spacial score (nSPS) is 13.3. The summed E-state index contributed by atoms with van der Waals surface area (Å²) < 4.78 is 2.70. The number of anilines is 3. The Morgan fingerprint density at radius 3 is 2.00 bits per heavy atom. The predicted octanol–water partition coefficient (Wildman–Crippen LogP) is 11.5. The van der Waals surface area contributed by atoms with Crippen LogP contribution in [-0.2, 0) is 5.41 Å². The Bertz CT molecular complexity index is 2070. The number of thiophene rings is 1. The third-order valence-electron chi connectivity index (χ3n) is 8.66. The lowest BCUT2D eigenvalue weighted by Crippen LogP contribution is -2.14. The van der Waals surface area contributed by atoms with E-state index < -0.39 is 0 Å². The fourth-order valence-corrected chi connectivity index (χ4v) is 8.03. The SMILES string of the molecule is CC1(C)c2ccccc2-c2c1ccc1c2sc2c(N(c3ccccc3)c3cccc(-c4ccccc4)c3)cccc21. The minimum atomic E-state index is -0.00687. The molecule has 1 aliphatic carbocycles. The third-order valence-corrected chi connectivity index (χ3v) is 9.92. The molecule has 0 radical (unpaired) electrons. The molecule has 0 amide bonds. The molecular formula is C39H29NS. The van der Waals surface area contributed by atoms with Crippen LogP contribution in [0.2, 0.25) is 0 Å². The van der Waals surface area contributed by atoms with Crippen LogP contribution in [0.5, 0.6) is 0 Å². The lowest BCUT2D eigenvalue weighted by molar-refractivity contribution is 0.661. The molecule has 41 heavy (non-hydrogen) atoms. The zero-order chi connectivity index (χ0) is 27.6. The topological polar surface area (TPSA) is 3.24 Å². The molecular weight excluding hydrogens is 515 g/mol. The van der Waals surface area contributed by atoms with Gasteiger partial charge in [0.1, 0.15) is 0 Å². The fraction of sp³-hybridized carbons (Fsp3) is 0.0769. The van der Waals surface area contributed by atoms with Crippen molar-refractivity contribution in [3.05, 3.63) is 151 Å². The molecule has 0 aliphatic heterocycles. The van der Waals surface area contributed by atoms with Gasteiger partial charge < -0.3 is 4.90 Å². The maximum Gasteiger partial charge on any atom is 0.0640 e. The van der Waals surface area contributed by atoms with Gasteiger partial charge in [0.25, 0.3) is 0 Å². The quantitative estimate of drug-likeness (QED) is 0.213. The highest BCUT2D eigenvalue weighted by atomic mass is 32.1. The van der Waals surface area contributed by atoms with Crippen molar-refractivity contribution in [1.29, 1.82) is 0 Å². The predicted molar refractivity (Wildman–Crippen MR) is 177 cm³/mol. The molecule has 196 valence electrons. The van der Waals surface area contributed by atoms with Gasteiger partial charge in [-0.05, 0) is 58.1 Å². The molecule has 8 rings (SSSR count). The summed E-state index contributed by atoms with van der Waals surface area (Å²) in [5.41, 5.74) is 11.6. The summed E-state index contributed by atoms with van der Waals surface area (Å²) in [6.45, 7) is 4.72. The minimum absolute atomic E-state index is 0.00687. The van der Waals surface area contributed by atoms with E-state index in [-0.39, 0.29) is 5.41 Å². The van der Waals surface area contributed by atoms with Gasteiger partial charge in [-0.2, -0.15) is 0 Å². The van der Waals surface area contributed by atoms with Gasteiger partial charge >= 0.3 is 0 Å². The zero-order valence-corrected chi connectivity index (χ0v) is 24.0. The molecule has 2 heteroatoms. The van der Waals surface area contributed by atoms with Crippen molar-refractivity contribution in [2.75, 3.05) is 4.90 Å². The number of fused-ring (bicyclic) bond motifs is 7. The smallest absolute Gasteiger partial charge is 0.0640 e. The van der Waals surface area contributed by atoms with Gasteiger partial charge in [-0.15, -0.1) is 11.3 Å². The highest BCUT2D eigenvalue weighted by Crippen LogP contribution is 2.55. The third kappa shape index (κ3) is 3.68. The molecule has 0 saturated carbocycles. The second-order valence-electron chi connectivity index (χ2n) is 11.4. The summed E-state index contributed by atoms with van der Waals surface area (Å²) in [5.74, 6) is 0. The van der Waals surface area contributed by atoms with E-state index in [1.54, 1.807) is 0 Å². The Balaban J connectivity index is 1.39. The van der Waals surface area contributed by atoms with Crippen molar-refractivity contribution < 1.29 is 0 Å². The van der Waals surface area contributed by atoms with Crippen LogP contribution in [0.25, 0.3) is 42.4 Å². The van der Waals surface area contributed by atoms with Gasteiger partial charge in [0.15, 0.2) is 0 Å². The van der Waals surface area contributed by atoms with Crippen molar-refractivity contribution in [2.45, 2.75) is 19.3 Å². The van der Waals surface area contributed by atoms with E-state index in [1.165, 1.54) is 59.2 Å². The van der Waals surface area contributed by atoms with E-state index in [0.717, 1.165) is 11.4 Å². The van der Waals surface area contributed by atoms with Gasteiger partial charge in [0.2, 0.25) is 0 Å². The number of para-hydroxylation sites is 1. The molecule has 1 nitrogen and oxygen atoms in total. The standard InChI is InChI=1S/C39H29NS/c1-39(2)33-21-10-9-19-32(33)36-34(39)24-23-31-30-20-12-22-35(37(30)41-38(31)36)40(28-16-7-4-8-17-28)29-18-11-15-27(25-29)26-13-5-3-6-14-26/h3-25H,1-2H3. The van der Waals surface area contributed by atoms with E-state index in [2.05, 4.69) is 158 Å². The van der Waals surface area contributed by atoms with Crippen LogP contribution in [0.1, 0.15) is 25.0 Å². The van der Waals surface area contributed by atoms with E-state index in [1.807, 2.05) is 11.3 Å². The summed E-state index contributed by atoms with van der Waals surface area (Å²) in [6, 6.07) is 50.8. The minimum Gasteiger partial charge on any atom is -0.309 e. The number of hydrogen-bond donors (Lipinski definition) is 0. The molecule has 7 aromatic rings. The monoisotopic (exact) mass is 543 g/mol. The Kier molecular flexibility index (Phi) is 5.42. The average molecular weight is 544 g/mol. The van der Waals surface area contributed by atoms with E-state index in [9.17, 15) is 0 Å². The van der Waals surface area contributed by atoms with Crippen molar-refractivity contribution in [2.24, 2.45) is 0 Å². The largest absolute Gasteiger partial charge is 0.309 e. The van der Waals surface area contributed by atoms with Crippen LogP contribution < -0.4 is 4.90 Å². The molecule has 0 unspecified atom stereocenters. The first-order valence-electron chi connectivity index (χ1n) is 14.2. The summed E-state index contributed by atoms with van der Waals surface area (Å²) in [7, 11) is 0. The molecule has 0 atom stereocenters. The van der Waals surface area contributed by atoms with Crippen LogP contribution in [0.4, 0.5) is 17.1 Å². The Morgan fingerprint density at radius 2 is 1.17 bits per heavy atom. The van der Waals surface area contributed by atoms with Crippen molar-refractivity contribution in [3.63, 3.8) is 0 Å². The van der Waals surface area contributed by atoms with Crippen molar-refractivity contribution >= 4 is 48.6 Å². The van der Waals surface area contributed by atoms with Crippen molar-refractivity contribution in [1.82, 2.24) is 0 Å². The van der Waals surface area contributed by atoms with Crippen LogP contribution in [-0.4, -0.2) is 0 Å². The molecule has 0 N–H and O–H groups in total. The number of hydrogen-bond acceptors (Lipinski definition) is 2. The van der Waals surface area contributed by atoms with E-state index >= 15 is 0 Å². The molecule has 0 spiro atoms. The fourth-order valence-electron chi connectivity index (χ4n) is 6.66. The molecule has 1 heterocycles. The Hall–Kier alpha value is -4.66. The van der Waals surface area contributed by atoms with E-state index in [4.69, 9.17) is 0 Å². The van der Waals surface area contributed by atoms with Gasteiger partial charge in [-0.3, -0.25) is 0 Å². The first-order valence-corrected chi connectivity index (χ1v) is 15.0. The highest BCUT2D eigenvalue weighted by Gasteiger charge is 2.36. The molecule has 1 aliphatic rings. The maximum atomic E-state index is 2.42. The van der Waals surface area contributed by atoms with Crippen LogP contribution in [0, 0.1) is 0 Å². The van der Waals surface area contributed by atoms with Gasteiger partial charge in [-0.25, -0.2) is 0 Å². The van der Waals surface area contributed by atoms with Crippen molar-refractivity contribution in [3.8, 4) is 22.3 Å². The summed E-state index contributed by atoms with van der Waals surface area (Å²) >= 11 is 1.93.